The number of hydrogen-bond donors (Lipinski definition) is 1. The Kier molecular flexibility index (Phi) is 4.84. The van der Waals surface area contributed by atoms with Crippen molar-refractivity contribution in [2.45, 2.75) is 33.6 Å². The molecule has 3 rings (SSSR count). The van der Waals surface area contributed by atoms with Gasteiger partial charge in [-0.15, -0.1) is 0 Å². The fourth-order valence-corrected chi connectivity index (χ4v) is 3.34. The first kappa shape index (κ1) is 16.5. The normalized spacial score (nSPS) is 17.6. The third-order valence-electron chi connectivity index (χ3n) is 4.44. The first-order chi connectivity index (χ1) is 11.5. The van der Waals surface area contributed by atoms with Crippen molar-refractivity contribution in [3.8, 4) is 0 Å². The number of nitrogens with zero attached hydrogens (tertiary/aromatic N) is 2. The van der Waals surface area contributed by atoms with Crippen LogP contribution in [-0.2, 0) is 0 Å². The number of aryl methyl sites for hydroxylation is 2. The summed E-state index contributed by atoms with van der Waals surface area (Å²) in [6, 6.07) is 10.1. The van der Waals surface area contributed by atoms with Crippen LogP contribution in [0.2, 0.25) is 0 Å². The number of amides is 1. The Morgan fingerprint density at radius 1 is 1.17 bits per heavy atom. The molecule has 0 spiro atoms. The van der Waals surface area contributed by atoms with E-state index in [4.69, 9.17) is 0 Å². The maximum atomic E-state index is 12.5. The van der Waals surface area contributed by atoms with Crippen LogP contribution in [0.25, 0.3) is 0 Å². The lowest BCUT2D eigenvalue weighted by Gasteiger charge is -2.30. The van der Waals surface area contributed by atoms with Crippen LogP contribution in [-0.4, -0.2) is 28.9 Å². The minimum atomic E-state index is 0.0412. The number of likely N-dealkylation sites (tertiary alicyclic amines) is 1. The molecule has 1 fully saturated rings. The van der Waals surface area contributed by atoms with Crippen LogP contribution >= 0.6 is 0 Å². The maximum Gasteiger partial charge on any atom is 0.272 e. The molecule has 1 N–H and O–H groups in total. The summed E-state index contributed by atoms with van der Waals surface area (Å²) in [4.78, 5) is 18.8. The van der Waals surface area contributed by atoms with Crippen molar-refractivity contribution in [3.63, 3.8) is 0 Å². The molecule has 0 aliphatic carbocycles. The van der Waals surface area contributed by atoms with E-state index in [1.807, 2.05) is 17.0 Å². The zero-order valence-corrected chi connectivity index (χ0v) is 14.7. The summed E-state index contributed by atoms with van der Waals surface area (Å²) in [5, 5.41) is 3.35. The van der Waals surface area contributed by atoms with Crippen molar-refractivity contribution in [2.24, 2.45) is 5.92 Å². The highest BCUT2D eigenvalue weighted by Gasteiger charge is 2.22. The van der Waals surface area contributed by atoms with Gasteiger partial charge in [0.2, 0.25) is 0 Å². The third kappa shape index (κ3) is 3.94. The Morgan fingerprint density at radius 2 is 1.92 bits per heavy atom. The Morgan fingerprint density at radius 3 is 2.54 bits per heavy atom. The van der Waals surface area contributed by atoms with E-state index in [0.717, 1.165) is 30.9 Å². The molecule has 0 bridgehead atoms. The molecule has 1 aromatic heterocycles. The molecule has 126 valence electrons. The minimum Gasteiger partial charge on any atom is -0.354 e. The zero-order valence-electron chi connectivity index (χ0n) is 14.7. The number of carbonyl (C=O) groups excluding carboxylic acids is 1. The molecular formula is C20H25N3O. The summed E-state index contributed by atoms with van der Waals surface area (Å²) < 4.78 is 0. The van der Waals surface area contributed by atoms with E-state index in [1.54, 1.807) is 6.20 Å². The van der Waals surface area contributed by atoms with Gasteiger partial charge in [-0.1, -0.05) is 13.0 Å². The molecule has 0 saturated carbocycles. The van der Waals surface area contributed by atoms with Crippen LogP contribution in [0.3, 0.4) is 0 Å². The largest absolute Gasteiger partial charge is 0.354 e. The van der Waals surface area contributed by atoms with Crippen molar-refractivity contribution in [1.82, 2.24) is 9.88 Å². The van der Waals surface area contributed by atoms with E-state index in [0.29, 0.717) is 11.6 Å². The molecule has 1 atom stereocenters. The van der Waals surface area contributed by atoms with Gasteiger partial charge in [0.25, 0.3) is 5.91 Å². The van der Waals surface area contributed by atoms with Gasteiger partial charge in [-0.25, -0.2) is 4.98 Å². The summed E-state index contributed by atoms with van der Waals surface area (Å²) in [6.07, 6.45) is 4.02. The molecule has 1 saturated heterocycles. The number of hydrogen-bond acceptors (Lipinski definition) is 3. The van der Waals surface area contributed by atoms with Gasteiger partial charge >= 0.3 is 0 Å². The first-order valence-electron chi connectivity index (χ1n) is 8.62. The van der Waals surface area contributed by atoms with Gasteiger partial charge in [0, 0.05) is 18.8 Å². The molecule has 1 unspecified atom stereocenters. The molecule has 4 heteroatoms. The summed E-state index contributed by atoms with van der Waals surface area (Å²) >= 11 is 0. The van der Waals surface area contributed by atoms with Crippen LogP contribution < -0.4 is 5.32 Å². The first-order valence-corrected chi connectivity index (χ1v) is 8.62. The van der Waals surface area contributed by atoms with Gasteiger partial charge in [-0.3, -0.25) is 4.79 Å². The van der Waals surface area contributed by atoms with Crippen LogP contribution in [0.1, 0.15) is 41.4 Å². The fraction of sp³-hybridized carbons (Fsp3) is 0.400. The fourth-order valence-electron chi connectivity index (χ4n) is 3.34. The smallest absolute Gasteiger partial charge is 0.272 e. The second kappa shape index (κ2) is 7.04. The van der Waals surface area contributed by atoms with E-state index in [-0.39, 0.29) is 5.91 Å². The van der Waals surface area contributed by atoms with Crippen LogP contribution in [0.15, 0.2) is 36.5 Å². The standard InChI is InChI=1S/C20H25N3O/c1-14-5-4-8-23(13-14)20(24)19-7-6-17(12-21-19)22-18-10-15(2)9-16(3)11-18/h6-7,9-12,14,22H,4-5,8,13H2,1-3H3. The average molecular weight is 323 g/mol. The lowest BCUT2D eigenvalue weighted by molar-refractivity contribution is 0.0677. The van der Waals surface area contributed by atoms with Crippen molar-refractivity contribution in [2.75, 3.05) is 18.4 Å². The summed E-state index contributed by atoms with van der Waals surface area (Å²) in [6.45, 7) is 8.04. The Bertz CT molecular complexity index is 704. The number of aromatic nitrogens is 1. The van der Waals surface area contributed by atoms with Crippen LogP contribution in [0.5, 0.6) is 0 Å². The van der Waals surface area contributed by atoms with Gasteiger partial charge in [-0.05, 0) is 68.0 Å². The monoisotopic (exact) mass is 323 g/mol. The minimum absolute atomic E-state index is 0.0412. The predicted molar refractivity (Wildman–Crippen MR) is 97.7 cm³/mol. The Balaban J connectivity index is 1.69. The molecular weight excluding hydrogens is 298 g/mol. The number of pyridine rings is 1. The van der Waals surface area contributed by atoms with Gasteiger partial charge in [0.15, 0.2) is 0 Å². The number of carbonyl (C=O) groups is 1. The highest BCUT2D eigenvalue weighted by molar-refractivity contribution is 5.92. The molecule has 1 aromatic carbocycles. The molecule has 0 radical (unpaired) electrons. The van der Waals surface area contributed by atoms with Gasteiger partial charge in [0.05, 0.1) is 11.9 Å². The predicted octanol–water partition coefficient (Wildman–Crippen LogP) is 4.31. The Hall–Kier alpha value is -2.36. The second-order valence-corrected chi connectivity index (χ2v) is 6.93. The number of rotatable bonds is 3. The molecule has 2 aromatic rings. The molecule has 1 aliphatic rings. The maximum absolute atomic E-state index is 12.5. The molecule has 1 amide bonds. The second-order valence-electron chi connectivity index (χ2n) is 6.93. The topological polar surface area (TPSA) is 45.2 Å². The highest BCUT2D eigenvalue weighted by atomic mass is 16.2. The van der Waals surface area contributed by atoms with Gasteiger partial charge in [0.1, 0.15) is 5.69 Å². The SMILES string of the molecule is Cc1cc(C)cc(Nc2ccc(C(=O)N3CCCC(C)C3)nc2)c1. The summed E-state index contributed by atoms with van der Waals surface area (Å²) in [5.74, 6) is 0.618. The number of piperidine rings is 1. The third-order valence-corrected chi connectivity index (χ3v) is 4.44. The van der Waals surface area contributed by atoms with Crippen LogP contribution in [0, 0.1) is 19.8 Å². The zero-order chi connectivity index (χ0) is 17.1. The molecule has 2 heterocycles. The summed E-state index contributed by atoms with van der Waals surface area (Å²) in [7, 11) is 0. The van der Waals surface area contributed by atoms with Gasteiger partial charge in [-0.2, -0.15) is 0 Å². The Labute approximate surface area is 143 Å². The molecule has 1 aliphatic heterocycles. The van der Waals surface area contributed by atoms with E-state index in [2.05, 4.69) is 49.3 Å². The number of benzene rings is 1. The van der Waals surface area contributed by atoms with Crippen molar-refractivity contribution < 1.29 is 4.79 Å². The highest BCUT2D eigenvalue weighted by Crippen LogP contribution is 2.21. The quantitative estimate of drug-likeness (QED) is 0.915. The number of anilines is 2. The molecule has 4 nitrogen and oxygen atoms in total. The number of nitrogens with one attached hydrogen (secondary N) is 1. The average Bonchev–Trinajstić information content (AvgIpc) is 2.54. The van der Waals surface area contributed by atoms with E-state index in [1.165, 1.54) is 17.5 Å². The lowest BCUT2D eigenvalue weighted by atomic mass is 10.00. The van der Waals surface area contributed by atoms with Crippen molar-refractivity contribution >= 4 is 17.3 Å². The van der Waals surface area contributed by atoms with Crippen molar-refractivity contribution in [3.05, 3.63) is 53.3 Å². The van der Waals surface area contributed by atoms with Crippen molar-refractivity contribution in [1.29, 1.82) is 0 Å². The summed E-state index contributed by atoms with van der Waals surface area (Å²) in [5.41, 5.74) is 4.89. The van der Waals surface area contributed by atoms with E-state index in [9.17, 15) is 4.79 Å². The lowest BCUT2D eigenvalue weighted by Crippen LogP contribution is -2.39. The van der Waals surface area contributed by atoms with E-state index >= 15 is 0 Å². The molecule has 24 heavy (non-hydrogen) atoms. The van der Waals surface area contributed by atoms with E-state index < -0.39 is 0 Å². The van der Waals surface area contributed by atoms with Crippen LogP contribution in [0.4, 0.5) is 11.4 Å². The van der Waals surface area contributed by atoms with Gasteiger partial charge < -0.3 is 10.2 Å².